The van der Waals surface area contributed by atoms with Gasteiger partial charge in [0.05, 0.1) is 12.4 Å². The van der Waals surface area contributed by atoms with Gasteiger partial charge in [0, 0.05) is 13.0 Å². The van der Waals surface area contributed by atoms with E-state index in [0.29, 0.717) is 6.42 Å². The summed E-state index contributed by atoms with van der Waals surface area (Å²) in [6.07, 6.45) is 1.52. The number of rotatable bonds is 7. The van der Waals surface area contributed by atoms with Gasteiger partial charge < -0.3 is 15.4 Å². The predicted octanol–water partition coefficient (Wildman–Crippen LogP) is 1.50. The van der Waals surface area contributed by atoms with Crippen LogP contribution in [0.25, 0.3) is 0 Å². The Hall–Kier alpha value is -1.55. The summed E-state index contributed by atoms with van der Waals surface area (Å²) in [5.74, 6) is 1.06. The van der Waals surface area contributed by atoms with Crippen molar-refractivity contribution >= 4 is 5.84 Å². The van der Waals surface area contributed by atoms with E-state index in [2.05, 4.69) is 19.0 Å². The minimum Gasteiger partial charge on any atom is -0.494 e. The molecule has 0 atom stereocenters. The van der Waals surface area contributed by atoms with Crippen molar-refractivity contribution in [3.05, 3.63) is 29.8 Å². The first-order valence-electron chi connectivity index (χ1n) is 5.77. The summed E-state index contributed by atoms with van der Waals surface area (Å²) in [5.41, 5.74) is 6.38. The number of ether oxygens (including phenoxy) is 1. The molecule has 0 heterocycles. The Balaban J connectivity index is 2.32. The maximum Gasteiger partial charge on any atom is 0.119 e. The Morgan fingerprint density at radius 1 is 1.29 bits per heavy atom. The van der Waals surface area contributed by atoms with Crippen LogP contribution in [0.15, 0.2) is 24.3 Å². The molecule has 3 N–H and O–H groups in total. The highest BCUT2D eigenvalue weighted by atomic mass is 16.5. The minimum absolute atomic E-state index is 0.185. The molecular weight excluding hydrogens is 214 g/mol. The number of amidine groups is 1. The van der Waals surface area contributed by atoms with E-state index < -0.39 is 0 Å². The van der Waals surface area contributed by atoms with Gasteiger partial charge in [-0.2, -0.15) is 0 Å². The third-order valence-corrected chi connectivity index (χ3v) is 2.34. The SMILES string of the molecule is CN(C)CCCOc1ccc(CC(=N)N)cc1. The van der Waals surface area contributed by atoms with Crippen molar-refractivity contribution in [2.24, 2.45) is 5.73 Å². The highest BCUT2D eigenvalue weighted by molar-refractivity contribution is 5.79. The molecule has 0 saturated carbocycles. The number of hydrogen-bond acceptors (Lipinski definition) is 3. The molecule has 0 bridgehead atoms. The van der Waals surface area contributed by atoms with E-state index in [1.807, 2.05) is 24.3 Å². The zero-order valence-electron chi connectivity index (χ0n) is 10.6. The standard InChI is InChI=1S/C13H21N3O/c1-16(2)8-3-9-17-12-6-4-11(5-7-12)10-13(14)15/h4-7H,3,8-10H2,1-2H3,(H3,14,15). The van der Waals surface area contributed by atoms with E-state index in [4.69, 9.17) is 15.9 Å². The van der Waals surface area contributed by atoms with Crippen molar-refractivity contribution < 1.29 is 4.74 Å². The molecular formula is C13H21N3O. The van der Waals surface area contributed by atoms with Gasteiger partial charge in [-0.05, 0) is 38.2 Å². The number of hydrogen-bond donors (Lipinski definition) is 2. The van der Waals surface area contributed by atoms with E-state index in [1.54, 1.807) is 0 Å². The highest BCUT2D eigenvalue weighted by Crippen LogP contribution is 2.12. The lowest BCUT2D eigenvalue weighted by Crippen LogP contribution is -2.15. The normalized spacial score (nSPS) is 10.5. The van der Waals surface area contributed by atoms with Gasteiger partial charge in [-0.1, -0.05) is 12.1 Å². The van der Waals surface area contributed by atoms with Gasteiger partial charge in [0.1, 0.15) is 5.75 Å². The van der Waals surface area contributed by atoms with E-state index in [0.717, 1.165) is 30.9 Å². The zero-order valence-corrected chi connectivity index (χ0v) is 10.6. The van der Waals surface area contributed by atoms with Crippen molar-refractivity contribution in [3.8, 4) is 5.75 Å². The molecule has 4 nitrogen and oxygen atoms in total. The van der Waals surface area contributed by atoms with E-state index in [-0.39, 0.29) is 5.84 Å². The fraction of sp³-hybridized carbons (Fsp3) is 0.462. The number of nitrogens with one attached hydrogen (secondary N) is 1. The van der Waals surface area contributed by atoms with Crippen LogP contribution in [0, 0.1) is 5.41 Å². The summed E-state index contributed by atoms with van der Waals surface area (Å²) in [6.45, 7) is 1.76. The molecule has 1 rings (SSSR count). The summed E-state index contributed by atoms with van der Waals surface area (Å²) in [6, 6.07) is 7.74. The minimum atomic E-state index is 0.185. The van der Waals surface area contributed by atoms with Crippen molar-refractivity contribution in [3.63, 3.8) is 0 Å². The van der Waals surface area contributed by atoms with Gasteiger partial charge in [-0.15, -0.1) is 0 Å². The lowest BCUT2D eigenvalue weighted by atomic mass is 10.1. The van der Waals surface area contributed by atoms with Crippen molar-refractivity contribution in [1.29, 1.82) is 5.41 Å². The van der Waals surface area contributed by atoms with Crippen LogP contribution in [0.2, 0.25) is 0 Å². The summed E-state index contributed by atoms with van der Waals surface area (Å²) in [4.78, 5) is 2.14. The third kappa shape index (κ3) is 5.92. The molecule has 0 aliphatic carbocycles. The fourth-order valence-corrected chi connectivity index (χ4v) is 1.49. The molecule has 0 aliphatic rings. The first kappa shape index (κ1) is 13.5. The largest absolute Gasteiger partial charge is 0.494 e. The van der Waals surface area contributed by atoms with Crippen LogP contribution in [0.5, 0.6) is 5.75 Å². The third-order valence-electron chi connectivity index (χ3n) is 2.34. The van der Waals surface area contributed by atoms with E-state index in [1.165, 1.54) is 0 Å². The summed E-state index contributed by atoms with van der Waals surface area (Å²) >= 11 is 0. The van der Waals surface area contributed by atoms with Crippen LogP contribution < -0.4 is 10.5 Å². The second-order valence-electron chi connectivity index (χ2n) is 4.35. The monoisotopic (exact) mass is 235 g/mol. The van der Waals surface area contributed by atoms with E-state index >= 15 is 0 Å². The molecule has 17 heavy (non-hydrogen) atoms. The maximum absolute atomic E-state index is 7.20. The van der Waals surface area contributed by atoms with Crippen molar-refractivity contribution in [2.75, 3.05) is 27.2 Å². The van der Waals surface area contributed by atoms with Crippen LogP contribution in [-0.2, 0) is 6.42 Å². The lowest BCUT2D eigenvalue weighted by Gasteiger charge is -2.10. The highest BCUT2D eigenvalue weighted by Gasteiger charge is 1.97. The lowest BCUT2D eigenvalue weighted by molar-refractivity contribution is 0.281. The molecule has 0 fully saturated rings. The Labute approximate surface area is 103 Å². The summed E-state index contributed by atoms with van der Waals surface area (Å²) in [7, 11) is 4.10. The average molecular weight is 235 g/mol. The first-order valence-corrected chi connectivity index (χ1v) is 5.77. The topological polar surface area (TPSA) is 62.3 Å². The van der Waals surface area contributed by atoms with Crippen LogP contribution in [0.3, 0.4) is 0 Å². The van der Waals surface area contributed by atoms with Gasteiger partial charge in [0.15, 0.2) is 0 Å². The van der Waals surface area contributed by atoms with Gasteiger partial charge in [0.2, 0.25) is 0 Å². The molecule has 0 unspecified atom stereocenters. The Kier molecular flexibility index (Phi) is 5.49. The van der Waals surface area contributed by atoms with Crippen LogP contribution in [0.1, 0.15) is 12.0 Å². The first-order chi connectivity index (χ1) is 8.08. The Bertz CT molecular complexity index is 346. The molecule has 0 amide bonds. The van der Waals surface area contributed by atoms with E-state index in [9.17, 15) is 0 Å². The predicted molar refractivity (Wildman–Crippen MR) is 70.7 cm³/mol. The molecule has 0 aromatic heterocycles. The summed E-state index contributed by atoms with van der Waals surface area (Å²) in [5, 5.41) is 7.20. The second kappa shape index (κ2) is 6.91. The van der Waals surface area contributed by atoms with Gasteiger partial charge in [-0.25, -0.2) is 0 Å². The van der Waals surface area contributed by atoms with Crippen LogP contribution in [0.4, 0.5) is 0 Å². The molecule has 4 heteroatoms. The average Bonchev–Trinajstić information content (AvgIpc) is 2.25. The van der Waals surface area contributed by atoms with Gasteiger partial charge in [-0.3, -0.25) is 5.41 Å². The van der Waals surface area contributed by atoms with Crippen LogP contribution in [-0.4, -0.2) is 38.0 Å². The van der Waals surface area contributed by atoms with Crippen molar-refractivity contribution in [1.82, 2.24) is 4.90 Å². The quantitative estimate of drug-likeness (QED) is 0.427. The molecule has 1 aromatic carbocycles. The number of nitrogens with two attached hydrogens (primary N) is 1. The molecule has 0 spiro atoms. The van der Waals surface area contributed by atoms with Gasteiger partial charge in [0.25, 0.3) is 0 Å². The maximum atomic E-state index is 7.20. The van der Waals surface area contributed by atoms with Crippen molar-refractivity contribution in [2.45, 2.75) is 12.8 Å². The second-order valence-corrected chi connectivity index (χ2v) is 4.35. The smallest absolute Gasteiger partial charge is 0.119 e. The number of nitrogens with zero attached hydrogens (tertiary/aromatic N) is 1. The Morgan fingerprint density at radius 2 is 1.94 bits per heavy atom. The van der Waals surface area contributed by atoms with Crippen LogP contribution >= 0.6 is 0 Å². The fourth-order valence-electron chi connectivity index (χ4n) is 1.49. The summed E-state index contributed by atoms with van der Waals surface area (Å²) < 4.78 is 5.60. The molecule has 0 radical (unpaired) electrons. The Morgan fingerprint density at radius 3 is 2.47 bits per heavy atom. The van der Waals surface area contributed by atoms with Gasteiger partial charge >= 0.3 is 0 Å². The number of benzene rings is 1. The molecule has 0 saturated heterocycles. The molecule has 1 aromatic rings. The molecule has 0 aliphatic heterocycles. The molecule has 94 valence electrons. The zero-order chi connectivity index (χ0) is 12.7.